The minimum Gasteiger partial charge on any atom is -0.363 e. The molecule has 2 aromatic heterocycles. The molecule has 0 aliphatic carbocycles. The van der Waals surface area contributed by atoms with Crippen LogP contribution in [0.25, 0.3) is 0 Å². The molecular weight excluding hydrogens is 306 g/mol. The Balaban J connectivity index is 1.91. The summed E-state index contributed by atoms with van der Waals surface area (Å²) in [7, 11) is 3.98. The van der Waals surface area contributed by atoms with Crippen LogP contribution in [0.15, 0.2) is 40.8 Å². The lowest BCUT2D eigenvalue weighted by molar-refractivity contribution is 0.804. The summed E-state index contributed by atoms with van der Waals surface area (Å²) in [5.74, 6) is 1.81. The number of guanidine groups is 1. The number of hydrogen-bond acceptors (Lipinski definition) is 4. The normalized spacial score (nSPS) is 11.3. The van der Waals surface area contributed by atoms with Gasteiger partial charge in [0.15, 0.2) is 5.96 Å². The third kappa shape index (κ3) is 5.90. The van der Waals surface area contributed by atoms with E-state index in [1.165, 1.54) is 4.88 Å². The molecule has 2 N–H and O–H groups in total. The van der Waals surface area contributed by atoms with E-state index in [0.29, 0.717) is 6.54 Å². The maximum atomic E-state index is 4.65. The van der Waals surface area contributed by atoms with Gasteiger partial charge in [-0.1, -0.05) is 6.07 Å². The summed E-state index contributed by atoms with van der Waals surface area (Å²) in [5.41, 5.74) is 1.15. The molecule has 23 heavy (non-hydrogen) atoms. The van der Waals surface area contributed by atoms with Gasteiger partial charge >= 0.3 is 0 Å². The molecule has 0 fully saturated rings. The predicted octanol–water partition coefficient (Wildman–Crippen LogP) is 2.51. The first kappa shape index (κ1) is 17.3. The Labute approximate surface area is 142 Å². The summed E-state index contributed by atoms with van der Waals surface area (Å²) >= 11 is 1.79. The van der Waals surface area contributed by atoms with Gasteiger partial charge in [0.25, 0.3) is 0 Å². The molecule has 6 heteroatoms. The van der Waals surface area contributed by atoms with E-state index in [4.69, 9.17) is 0 Å². The number of pyridine rings is 1. The fourth-order valence-corrected chi connectivity index (χ4v) is 2.78. The van der Waals surface area contributed by atoms with Crippen molar-refractivity contribution in [3.05, 3.63) is 46.3 Å². The van der Waals surface area contributed by atoms with E-state index in [2.05, 4.69) is 51.1 Å². The maximum absolute atomic E-state index is 4.65. The SMILES string of the molecule is CCNC(=NCc1ccnc(N(C)C)c1)NCCc1cccs1. The standard InChI is InChI=1S/C17H25N5S/c1-4-18-17(20-10-8-15-6-5-11-23-15)21-13-14-7-9-19-16(12-14)22(2)3/h5-7,9,11-12H,4,8,10,13H2,1-3H3,(H2,18,20,21). The van der Waals surface area contributed by atoms with Crippen molar-refractivity contribution in [1.82, 2.24) is 15.6 Å². The lowest BCUT2D eigenvalue weighted by Crippen LogP contribution is -2.38. The van der Waals surface area contributed by atoms with Gasteiger partial charge in [-0.05, 0) is 42.5 Å². The van der Waals surface area contributed by atoms with Crippen molar-refractivity contribution in [3.8, 4) is 0 Å². The summed E-state index contributed by atoms with van der Waals surface area (Å²) in [6, 6.07) is 8.33. The first-order chi connectivity index (χ1) is 11.2. The van der Waals surface area contributed by atoms with Crippen LogP contribution in [-0.4, -0.2) is 38.1 Å². The Bertz CT molecular complexity index is 607. The van der Waals surface area contributed by atoms with Crippen molar-refractivity contribution in [2.24, 2.45) is 4.99 Å². The first-order valence-corrected chi connectivity index (χ1v) is 8.74. The fraction of sp³-hybridized carbons (Fsp3) is 0.412. The molecule has 2 heterocycles. The Hall–Kier alpha value is -2.08. The van der Waals surface area contributed by atoms with Crippen molar-refractivity contribution in [3.63, 3.8) is 0 Å². The maximum Gasteiger partial charge on any atom is 0.191 e. The molecule has 5 nitrogen and oxygen atoms in total. The second-order valence-electron chi connectivity index (χ2n) is 5.37. The highest BCUT2D eigenvalue weighted by atomic mass is 32.1. The number of hydrogen-bond donors (Lipinski definition) is 2. The molecule has 0 saturated carbocycles. The van der Waals surface area contributed by atoms with Crippen LogP contribution in [0.2, 0.25) is 0 Å². The quantitative estimate of drug-likeness (QED) is 0.605. The molecule has 0 saturated heterocycles. The lowest BCUT2D eigenvalue weighted by Gasteiger charge is -2.13. The van der Waals surface area contributed by atoms with Gasteiger partial charge in [-0.25, -0.2) is 9.98 Å². The highest BCUT2D eigenvalue weighted by Crippen LogP contribution is 2.10. The van der Waals surface area contributed by atoms with Gasteiger partial charge in [0.1, 0.15) is 5.82 Å². The van der Waals surface area contributed by atoms with Crippen LogP contribution in [0.1, 0.15) is 17.4 Å². The van der Waals surface area contributed by atoms with Crippen LogP contribution in [0.5, 0.6) is 0 Å². The molecule has 0 radical (unpaired) electrons. The molecule has 124 valence electrons. The van der Waals surface area contributed by atoms with Crippen LogP contribution < -0.4 is 15.5 Å². The van der Waals surface area contributed by atoms with Gasteiger partial charge in [-0.2, -0.15) is 0 Å². The number of nitrogens with one attached hydrogen (secondary N) is 2. The summed E-state index contributed by atoms with van der Waals surface area (Å²) in [6.07, 6.45) is 2.85. The largest absolute Gasteiger partial charge is 0.363 e. The number of aromatic nitrogens is 1. The number of aliphatic imine (C=N–C) groups is 1. The number of nitrogens with zero attached hydrogens (tertiary/aromatic N) is 3. The van der Waals surface area contributed by atoms with Crippen molar-refractivity contribution in [2.75, 3.05) is 32.1 Å². The zero-order valence-electron chi connectivity index (χ0n) is 14.0. The molecular formula is C17H25N5S. The molecule has 0 spiro atoms. The zero-order valence-corrected chi connectivity index (χ0v) is 14.9. The molecule has 0 atom stereocenters. The van der Waals surface area contributed by atoms with Crippen LogP contribution >= 0.6 is 11.3 Å². The molecule has 2 aromatic rings. The van der Waals surface area contributed by atoms with Gasteiger partial charge < -0.3 is 15.5 Å². The number of anilines is 1. The molecule has 0 bridgehead atoms. The van der Waals surface area contributed by atoms with Crippen LogP contribution in [0, 0.1) is 0 Å². The van der Waals surface area contributed by atoms with E-state index in [0.717, 1.165) is 36.9 Å². The third-order valence-electron chi connectivity index (χ3n) is 3.28. The minimum atomic E-state index is 0.637. The summed E-state index contributed by atoms with van der Waals surface area (Å²) in [6.45, 7) is 4.44. The van der Waals surface area contributed by atoms with Crippen molar-refractivity contribution < 1.29 is 0 Å². The van der Waals surface area contributed by atoms with Crippen molar-refractivity contribution in [1.29, 1.82) is 0 Å². The molecule has 2 rings (SSSR count). The van der Waals surface area contributed by atoms with E-state index in [1.807, 2.05) is 31.3 Å². The lowest BCUT2D eigenvalue weighted by atomic mass is 10.2. The molecule has 0 aliphatic rings. The van der Waals surface area contributed by atoms with Crippen LogP contribution in [-0.2, 0) is 13.0 Å². The van der Waals surface area contributed by atoms with E-state index in [9.17, 15) is 0 Å². The Morgan fingerprint density at radius 1 is 1.30 bits per heavy atom. The van der Waals surface area contributed by atoms with Crippen LogP contribution in [0.4, 0.5) is 5.82 Å². The minimum absolute atomic E-state index is 0.637. The van der Waals surface area contributed by atoms with Gasteiger partial charge in [-0.15, -0.1) is 11.3 Å². The summed E-state index contributed by atoms with van der Waals surface area (Å²) < 4.78 is 0. The topological polar surface area (TPSA) is 52.6 Å². The second kappa shape index (κ2) is 9.15. The van der Waals surface area contributed by atoms with Crippen LogP contribution in [0.3, 0.4) is 0 Å². The van der Waals surface area contributed by atoms with E-state index < -0.39 is 0 Å². The monoisotopic (exact) mass is 331 g/mol. The van der Waals surface area contributed by atoms with Gasteiger partial charge in [0.2, 0.25) is 0 Å². The Morgan fingerprint density at radius 3 is 2.87 bits per heavy atom. The average molecular weight is 331 g/mol. The average Bonchev–Trinajstić information content (AvgIpc) is 3.06. The highest BCUT2D eigenvalue weighted by molar-refractivity contribution is 7.09. The smallest absolute Gasteiger partial charge is 0.191 e. The molecule has 0 unspecified atom stereocenters. The molecule has 0 amide bonds. The van der Waals surface area contributed by atoms with E-state index in [1.54, 1.807) is 11.3 Å². The summed E-state index contributed by atoms with van der Waals surface area (Å²) in [5, 5.41) is 8.78. The second-order valence-corrected chi connectivity index (χ2v) is 6.40. The highest BCUT2D eigenvalue weighted by Gasteiger charge is 2.01. The predicted molar refractivity (Wildman–Crippen MR) is 99.4 cm³/mol. The summed E-state index contributed by atoms with van der Waals surface area (Å²) in [4.78, 5) is 12.4. The van der Waals surface area contributed by atoms with Crippen molar-refractivity contribution >= 4 is 23.1 Å². The number of rotatable bonds is 7. The Morgan fingerprint density at radius 2 is 2.17 bits per heavy atom. The van der Waals surface area contributed by atoms with E-state index >= 15 is 0 Å². The molecule has 0 aliphatic heterocycles. The third-order valence-corrected chi connectivity index (χ3v) is 4.21. The zero-order chi connectivity index (χ0) is 16.5. The van der Waals surface area contributed by atoms with E-state index in [-0.39, 0.29) is 0 Å². The first-order valence-electron chi connectivity index (χ1n) is 7.86. The van der Waals surface area contributed by atoms with Crippen molar-refractivity contribution in [2.45, 2.75) is 19.9 Å². The fourth-order valence-electron chi connectivity index (χ4n) is 2.07. The Kier molecular flexibility index (Phi) is 6.87. The van der Waals surface area contributed by atoms with Gasteiger partial charge in [0.05, 0.1) is 6.54 Å². The number of thiophene rings is 1. The van der Waals surface area contributed by atoms with Gasteiger partial charge in [0, 0.05) is 38.3 Å². The van der Waals surface area contributed by atoms with Gasteiger partial charge in [-0.3, -0.25) is 0 Å². The molecule has 0 aromatic carbocycles.